The van der Waals surface area contributed by atoms with Crippen molar-refractivity contribution in [2.45, 2.75) is 17.4 Å². The van der Waals surface area contributed by atoms with Crippen molar-refractivity contribution >= 4 is 32.1 Å². The van der Waals surface area contributed by atoms with Gasteiger partial charge in [0.25, 0.3) is 0 Å². The molecule has 0 spiro atoms. The van der Waals surface area contributed by atoms with E-state index in [-0.39, 0.29) is 11.4 Å². The minimum atomic E-state index is -3.72. The van der Waals surface area contributed by atoms with E-state index in [1.54, 1.807) is 31.2 Å². The fourth-order valence-corrected chi connectivity index (χ4v) is 4.56. The Labute approximate surface area is 139 Å². The highest BCUT2D eigenvalue weighted by Gasteiger charge is 2.27. The minimum absolute atomic E-state index is 0.0880. The zero-order chi connectivity index (χ0) is 16.5. The average molecular weight is 347 g/mol. The molecule has 4 nitrogen and oxygen atoms in total. The lowest BCUT2D eigenvalue weighted by molar-refractivity contribution is 0.0632. The van der Waals surface area contributed by atoms with Gasteiger partial charge < -0.3 is 5.11 Å². The highest BCUT2D eigenvalue weighted by Crippen LogP contribution is 2.25. The molecule has 2 N–H and O–H groups in total. The molecule has 2 aromatic carbocycles. The van der Waals surface area contributed by atoms with Crippen LogP contribution in [0.4, 0.5) is 0 Å². The van der Waals surface area contributed by atoms with Crippen LogP contribution < -0.4 is 4.72 Å². The number of fused-ring (bicyclic) bond motifs is 1. The van der Waals surface area contributed by atoms with Gasteiger partial charge in [-0.1, -0.05) is 36.4 Å². The average Bonchev–Trinajstić information content (AvgIpc) is 3.08. The normalized spacial score (nSPS) is 14.7. The third-order valence-electron chi connectivity index (χ3n) is 3.79. The van der Waals surface area contributed by atoms with Crippen LogP contribution in [0.15, 0.2) is 64.2 Å². The van der Waals surface area contributed by atoms with Crippen molar-refractivity contribution in [1.29, 1.82) is 0 Å². The summed E-state index contributed by atoms with van der Waals surface area (Å²) in [6.45, 7) is 1.51. The van der Waals surface area contributed by atoms with Gasteiger partial charge in [0.05, 0.1) is 4.90 Å². The fourth-order valence-electron chi connectivity index (χ4n) is 2.42. The molecular formula is C17H17NO3S2. The molecule has 0 fully saturated rings. The van der Waals surface area contributed by atoms with Crippen molar-refractivity contribution in [3.8, 4) is 0 Å². The highest BCUT2D eigenvalue weighted by molar-refractivity contribution is 7.89. The maximum absolute atomic E-state index is 12.6. The van der Waals surface area contributed by atoms with E-state index in [0.717, 1.165) is 5.39 Å². The van der Waals surface area contributed by atoms with E-state index in [1.807, 2.05) is 35.0 Å². The number of aliphatic hydroxyl groups is 1. The topological polar surface area (TPSA) is 66.4 Å². The summed E-state index contributed by atoms with van der Waals surface area (Å²) >= 11 is 1.46. The molecular weight excluding hydrogens is 330 g/mol. The van der Waals surface area contributed by atoms with Gasteiger partial charge in [0.15, 0.2) is 0 Å². The smallest absolute Gasteiger partial charge is 0.241 e. The summed E-state index contributed by atoms with van der Waals surface area (Å²) in [4.78, 5) is 0.219. The molecule has 0 aliphatic heterocycles. The molecule has 0 aliphatic rings. The first-order valence-corrected chi connectivity index (χ1v) is 9.55. The third-order valence-corrected chi connectivity index (χ3v) is 5.93. The summed E-state index contributed by atoms with van der Waals surface area (Å²) in [6.07, 6.45) is 0. The Morgan fingerprint density at radius 2 is 1.87 bits per heavy atom. The maximum atomic E-state index is 12.6. The summed E-state index contributed by atoms with van der Waals surface area (Å²) in [7, 11) is -3.72. The van der Waals surface area contributed by atoms with Crippen LogP contribution in [0.2, 0.25) is 0 Å². The highest BCUT2D eigenvalue weighted by atomic mass is 32.2. The molecule has 120 valence electrons. The van der Waals surface area contributed by atoms with E-state index in [4.69, 9.17) is 0 Å². The molecule has 23 heavy (non-hydrogen) atoms. The molecule has 0 saturated heterocycles. The first kappa shape index (κ1) is 16.1. The number of sulfonamides is 1. The van der Waals surface area contributed by atoms with Crippen molar-refractivity contribution in [2.24, 2.45) is 0 Å². The molecule has 0 radical (unpaired) electrons. The lowest BCUT2D eigenvalue weighted by atomic mass is 10.0. The number of hydrogen-bond donors (Lipinski definition) is 2. The van der Waals surface area contributed by atoms with Crippen molar-refractivity contribution in [1.82, 2.24) is 4.72 Å². The largest absolute Gasteiger partial charge is 0.384 e. The van der Waals surface area contributed by atoms with Gasteiger partial charge in [-0.25, -0.2) is 13.1 Å². The van der Waals surface area contributed by atoms with Gasteiger partial charge in [-0.15, -0.1) is 0 Å². The van der Waals surface area contributed by atoms with Crippen LogP contribution in [0.3, 0.4) is 0 Å². The van der Waals surface area contributed by atoms with Crippen LogP contribution in [0, 0.1) is 0 Å². The van der Waals surface area contributed by atoms with Gasteiger partial charge in [0.2, 0.25) is 10.0 Å². The summed E-state index contributed by atoms with van der Waals surface area (Å²) in [5.41, 5.74) is -0.555. The number of nitrogens with one attached hydrogen (secondary N) is 1. The summed E-state index contributed by atoms with van der Waals surface area (Å²) in [6, 6.07) is 14.3. The van der Waals surface area contributed by atoms with E-state index in [2.05, 4.69) is 4.72 Å². The molecule has 1 aromatic heterocycles. The number of benzene rings is 2. The van der Waals surface area contributed by atoms with Gasteiger partial charge in [-0.2, -0.15) is 11.3 Å². The Bertz CT molecular complexity index is 911. The van der Waals surface area contributed by atoms with Crippen LogP contribution in [0.5, 0.6) is 0 Å². The fraction of sp³-hybridized carbons (Fsp3) is 0.176. The summed E-state index contributed by atoms with van der Waals surface area (Å²) in [5, 5.41) is 15.7. The van der Waals surface area contributed by atoms with Crippen LogP contribution in [-0.2, 0) is 15.6 Å². The van der Waals surface area contributed by atoms with E-state index in [1.165, 1.54) is 11.3 Å². The molecule has 0 saturated carbocycles. The summed E-state index contributed by atoms with van der Waals surface area (Å²) in [5.74, 6) is 0. The van der Waals surface area contributed by atoms with Crippen molar-refractivity contribution in [2.75, 3.05) is 6.54 Å². The van der Waals surface area contributed by atoms with Gasteiger partial charge in [-0.3, -0.25) is 0 Å². The number of hydrogen-bond acceptors (Lipinski definition) is 4. The molecule has 0 bridgehead atoms. The van der Waals surface area contributed by atoms with E-state index < -0.39 is 15.6 Å². The first-order chi connectivity index (χ1) is 10.9. The van der Waals surface area contributed by atoms with Crippen molar-refractivity contribution < 1.29 is 13.5 Å². The monoisotopic (exact) mass is 347 g/mol. The van der Waals surface area contributed by atoms with Crippen molar-refractivity contribution in [3.63, 3.8) is 0 Å². The minimum Gasteiger partial charge on any atom is -0.384 e. The van der Waals surface area contributed by atoms with E-state index >= 15 is 0 Å². The van der Waals surface area contributed by atoms with Crippen LogP contribution >= 0.6 is 11.3 Å². The lowest BCUT2D eigenvalue weighted by Gasteiger charge is -2.23. The molecule has 6 heteroatoms. The zero-order valence-corrected chi connectivity index (χ0v) is 14.2. The molecule has 1 heterocycles. The summed E-state index contributed by atoms with van der Waals surface area (Å²) < 4.78 is 27.8. The molecule has 3 rings (SSSR count). The van der Waals surface area contributed by atoms with Gasteiger partial charge in [-0.05, 0) is 40.8 Å². The Morgan fingerprint density at radius 3 is 2.61 bits per heavy atom. The Balaban J connectivity index is 1.90. The second-order valence-electron chi connectivity index (χ2n) is 5.59. The molecule has 1 unspecified atom stereocenters. The first-order valence-electron chi connectivity index (χ1n) is 7.13. The molecule has 1 atom stereocenters. The molecule has 0 aliphatic carbocycles. The van der Waals surface area contributed by atoms with Gasteiger partial charge in [0.1, 0.15) is 5.60 Å². The molecule has 0 amide bonds. The Kier molecular flexibility index (Phi) is 4.25. The predicted octanol–water partition coefficient (Wildman–Crippen LogP) is 3.09. The van der Waals surface area contributed by atoms with Crippen LogP contribution in [0.25, 0.3) is 10.8 Å². The van der Waals surface area contributed by atoms with Crippen molar-refractivity contribution in [3.05, 3.63) is 64.9 Å². The van der Waals surface area contributed by atoms with Crippen LogP contribution in [-0.4, -0.2) is 20.1 Å². The van der Waals surface area contributed by atoms with Gasteiger partial charge >= 0.3 is 0 Å². The van der Waals surface area contributed by atoms with E-state index in [0.29, 0.717) is 10.9 Å². The zero-order valence-electron chi connectivity index (χ0n) is 12.6. The maximum Gasteiger partial charge on any atom is 0.241 e. The lowest BCUT2D eigenvalue weighted by Crippen LogP contribution is -2.38. The predicted molar refractivity (Wildman–Crippen MR) is 93.0 cm³/mol. The molecule has 3 aromatic rings. The van der Waals surface area contributed by atoms with Gasteiger partial charge in [0, 0.05) is 11.9 Å². The van der Waals surface area contributed by atoms with Crippen LogP contribution in [0.1, 0.15) is 12.5 Å². The Morgan fingerprint density at radius 1 is 1.13 bits per heavy atom. The Hall–Kier alpha value is -1.73. The number of rotatable bonds is 5. The quantitative estimate of drug-likeness (QED) is 0.745. The third kappa shape index (κ3) is 3.30. The number of thiophene rings is 1. The van der Waals surface area contributed by atoms with E-state index in [9.17, 15) is 13.5 Å². The standard InChI is InChI=1S/C17H17NO3S2/c1-17(19,14-9-10-22-11-14)12-18-23(20,21)16-8-4-6-13-5-2-3-7-15(13)16/h2-11,18-19H,12H2,1H3. The second kappa shape index (κ2) is 6.05. The second-order valence-corrected chi connectivity index (χ2v) is 8.10. The SMILES string of the molecule is CC(O)(CNS(=O)(=O)c1cccc2ccccc12)c1ccsc1.